The Morgan fingerprint density at radius 2 is 1.80 bits per heavy atom. The third-order valence-corrected chi connectivity index (χ3v) is 17.6. The van der Waals surface area contributed by atoms with E-state index in [2.05, 4.69) is 104 Å². The molecule has 0 amide bonds. The van der Waals surface area contributed by atoms with Crippen LogP contribution in [0.1, 0.15) is 128 Å². The molecular formula is C44H68N6O4. The lowest BCUT2D eigenvalue weighted by molar-refractivity contribution is -0.274. The van der Waals surface area contributed by atoms with Gasteiger partial charge in [-0.2, -0.15) is 5.10 Å². The number of nitrogens with zero attached hydrogens (tertiary/aromatic N) is 5. The van der Waals surface area contributed by atoms with Crippen LogP contribution >= 0.6 is 0 Å². The molecule has 1 aliphatic heterocycles. The number of carboxylic acids is 1. The third-order valence-electron chi connectivity index (χ3n) is 17.6. The minimum atomic E-state index is -0.632. The van der Waals surface area contributed by atoms with Crippen molar-refractivity contribution in [1.29, 1.82) is 0 Å². The van der Waals surface area contributed by atoms with Crippen molar-refractivity contribution in [3.63, 3.8) is 0 Å². The van der Waals surface area contributed by atoms with Crippen LogP contribution in [-0.4, -0.2) is 66.8 Å². The summed E-state index contributed by atoms with van der Waals surface area (Å²) in [6, 6.07) is 1.72. The van der Waals surface area contributed by atoms with Gasteiger partial charge in [-0.15, -0.1) is 0 Å². The molecule has 2 aromatic rings. The first-order chi connectivity index (χ1) is 25.1. The first-order valence-electron chi connectivity index (χ1n) is 20.7. The van der Waals surface area contributed by atoms with E-state index in [4.69, 9.17) is 25.3 Å². The van der Waals surface area contributed by atoms with Crippen LogP contribution in [0.2, 0.25) is 0 Å². The molecule has 4 aliphatic carbocycles. The Morgan fingerprint density at radius 3 is 2.43 bits per heavy atom. The molecule has 1 unspecified atom stereocenters. The van der Waals surface area contributed by atoms with E-state index < -0.39 is 17.4 Å². The maximum Gasteiger partial charge on any atom is 0.307 e. The van der Waals surface area contributed by atoms with Crippen LogP contribution in [0.15, 0.2) is 36.6 Å². The number of nitrogens with two attached hydrogens (primary N) is 1. The van der Waals surface area contributed by atoms with E-state index in [9.17, 15) is 9.90 Å². The van der Waals surface area contributed by atoms with E-state index in [1.807, 2.05) is 6.07 Å². The van der Waals surface area contributed by atoms with Gasteiger partial charge >= 0.3 is 5.97 Å². The van der Waals surface area contributed by atoms with Crippen molar-refractivity contribution in [3.8, 4) is 11.5 Å². The second kappa shape index (κ2) is 12.9. The zero-order chi connectivity index (χ0) is 39.4. The Bertz CT molecular complexity index is 1770. The quantitative estimate of drug-likeness (QED) is 0.255. The van der Waals surface area contributed by atoms with Crippen LogP contribution in [0, 0.1) is 62.1 Å². The van der Waals surface area contributed by atoms with E-state index >= 15 is 0 Å². The van der Waals surface area contributed by atoms with E-state index in [-0.39, 0.29) is 56.7 Å². The Morgan fingerprint density at radius 1 is 1.07 bits per heavy atom. The summed E-state index contributed by atoms with van der Waals surface area (Å²) in [5.41, 5.74) is 6.99. The summed E-state index contributed by atoms with van der Waals surface area (Å²) < 4.78 is 16.3. The number of fused-ring (bicyclic) bond motifs is 3. The predicted octanol–water partition coefficient (Wildman–Crippen LogP) is 8.40. The summed E-state index contributed by atoms with van der Waals surface area (Å²) in [5.74, 6) is 0.898. The van der Waals surface area contributed by atoms with E-state index in [1.54, 1.807) is 18.9 Å². The number of rotatable bonds is 8. The maximum atomic E-state index is 13.6. The lowest BCUT2D eigenvalue weighted by Gasteiger charge is -2.72. The van der Waals surface area contributed by atoms with Crippen LogP contribution in [0.5, 0.6) is 0 Å². The standard InChI is InChI=1S/C44H68N6O4/c1-26(2)27(3)39(8)18-19-41(10)29-13-14-33-40(9)22-53-28(4)44(33,30(29)15-17-42(41,11)34(39)37(51)52)21-32(35(40)54-23-43(12,45)38(5,6)7)50-36(48-25-49-50)31-16-20-46-24-47-31/h15-16,20,24-29,32-35H,13-14,17-19,21-23,45H2,1-12H3,(H,51,52)/t27-,28+,29+,32-,33+,34-,35+,39-,40-,41-,42+,43?,44+/m1/s1. The average molecular weight is 745 g/mol. The lowest BCUT2D eigenvalue weighted by atomic mass is 9.33. The van der Waals surface area contributed by atoms with Crippen molar-refractivity contribution in [2.24, 2.45) is 67.8 Å². The number of aromatic nitrogens is 5. The van der Waals surface area contributed by atoms with Crippen LogP contribution in [-0.2, 0) is 14.3 Å². The van der Waals surface area contributed by atoms with Gasteiger partial charge in [0.15, 0.2) is 5.82 Å². The maximum absolute atomic E-state index is 13.6. The van der Waals surface area contributed by atoms with Gasteiger partial charge in [-0.3, -0.25) is 4.79 Å². The fourth-order valence-electron chi connectivity index (χ4n) is 13.0. The first-order valence-corrected chi connectivity index (χ1v) is 20.7. The number of carboxylic acid groups (broad SMARTS) is 1. The van der Waals surface area contributed by atoms with Crippen LogP contribution in [0.4, 0.5) is 0 Å². The van der Waals surface area contributed by atoms with Crippen molar-refractivity contribution in [2.45, 2.75) is 145 Å². The smallest absolute Gasteiger partial charge is 0.307 e. The topological polar surface area (TPSA) is 138 Å². The lowest BCUT2D eigenvalue weighted by Crippen LogP contribution is -2.71. The van der Waals surface area contributed by atoms with Gasteiger partial charge in [-0.25, -0.2) is 19.6 Å². The second-order valence-corrected chi connectivity index (χ2v) is 21.0. The number of hydrogen-bond acceptors (Lipinski definition) is 8. The number of hydrogen-bond donors (Lipinski definition) is 2. The average Bonchev–Trinajstić information content (AvgIpc) is 3.59. The molecule has 2 bridgehead atoms. The highest BCUT2D eigenvalue weighted by Gasteiger charge is 2.73. The van der Waals surface area contributed by atoms with E-state index in [0.717, 1.165) is 44.2 Å². The van der Waals surface area contributed by atoms with Gasteiger partial charge in [0.05, 0.1) is 37.4 Å². The molecule has 10 heteroatoms. The van der Waals surface area contributed by atoms with Crippen molar-refractivity contribution >= 4 is 5.97 Å². The zero-order valence-corrected chi connectivity index (χ0v) is 35.1. The molecule has 0 radical (unpaired) electrons. The Balaban J connectivity index is 1.38. The minimum Gasteiger partial charge on any atom is -0.481 e. The van der Waals surface area contributed by atoms with E-state index in [0.29, 0.717) is 36.8 Å². The van der Waals surface area contributed by atoms with E-state index in [1.165, 1.54) is 5.57 Å². The second-order valence-electron chi connectivity index (χ2n) is 21.0. The van der Waals surface area contributed by atoms with Gasteiger partial charge in [0, 0.05) is 22.6 Å². The number of carbonyl (C=O) groups is 1. The van der Waals surface area contributed by atoms with Crippen LogP contribution < -0.4 is 5.73 Å². The molecule has 54 heavy (non-hydrogen) atoms. The van der Waals surface area contributed by atoms with Crippen molar-refractivity contribution in [2.75, 3.05) is 13.2 Å². The van der Waals surface area contributed by atoms with Gasteiger partial charge in [0.2, 0.25) is 0 Å². The molecule has 3 saturated carbocycles. The highest BCUT2D eigenvalue weighted by Crippen LogP contribution is 2.76. The first kappa shape index (κ1) is 39.5. The molecule has 4 fully saturated rings. The highest BCUT2D eigenvalue weighted by molar-refractivity contribution is 5.73. The Hall–Kier alpha value is -2.69. The minimum absolute atomic E-state index is 0.0357. The molecular weight excluding hydrogens is 677 g/mol. The Kier molecular flexibility index (Phi) is 9.46. The number of ether oxygens (including phenoxy) is 2. The normalized spacial score (nSPS) is 42.2. The monoisotopic (exact) mass is 745 g/mol. The molecule has 10 nitrogen and oxygen atoms in total. The fourth-order valence-corrected chi connectivity index (χ4v) is 13.0. The highest BCUT2D eigenvalue weighted by atomic mass is 16.5. The summed E-state index contributed by atoms with van der Waals surface area (Å²) in [7, 11) is 0. The van der Waals surface area contributed by atoms with Gasteiger partial charge in [-0.1, -0.05) is 80.9 Å². The van der Waals surface area contributed by atoms with Gasteiger partial charge in [0.1, 0.15) is 18.3 Å². The SMILES string of the molecule is CC(C)[C@@H](C)[C@@]1(C)CC[C@]2(C)[C@H]3CC[C@H]4[C@@]5(C)CO[C@@H](C)[C@@]4(C[C@@H](n4ncnc4-c4ccncn4)[C@@H]5OCC(C)(N)C(C)(C)C)C3=CC[C@@]2(C)[C@@H]1C(=O)O. The summed E-state index contributed by atoms with van der Waals surface area (Å²) in [5, 5.41) is 16.1. The molecule has 7 rings (SSSR count). The summed E-state index contributed by atoms with van der Waals surface area (Å²) in [4.78, 5) is 27.2. The zero-order valence-electron chi connectivity index (χ0n) is 35.1. The summed E-state index contributed by atoms with van der Waals surface area (Å²) in [6.07, 6.45) is 12.7. The fraction of sp³-hybridized carbons (Fsp3) is 0.795. The molecule has 13 atom stereocenters. The van der Waals surface area contributed by atoms with Crippen LogP contribution in [0.25, 0.3) is 11.5 Å². The number of aliphatic carboxylic acids is 1. The number of allylic oxidation sites excluding steroid dienone is 1. The molecule has 3 heterocycles. The molecule has 5 aliphatic rings. The summed E-state index contributed by atoms with van der Waals surface area (Å²) >= 11 is 0. The molecule has 1 saturated heterocycles. The van der Waals surface area contributed by atoms with Crippen molar-refractivity contribution in [3.05, 3.63) is 36.6 Å². The molecule has 298 valence electrons. The third kappa shape index (κ3) is 5.38. The van der Waals surface area contributed by atoms with Gasteiger partial charge in [-0.05, 0) is 104 Å². The predicted molar refractivity (Wildman–Crippen MR) is 210 cm³/mol. The van der Waals surface area contributed by atoms with Crippen LogP contribution in [0.3, 0.4) is 0 Å². The molecule has 0 aromatic carbocycles. The summed E-state index contributed by atoms with van der Waals surface area (Å²) in [6.45, 7) is 28.1. The van der Waals surface area contributed by atoms with Crippen molar-refractivity contribution in [1.82, 2.24) is 24.7 Å². The van der Waals surface area contributed by atoms with Gasteiger partial charge in [0.25, 0.3) is 0 Å². The van der Waals surface area contributed by atoms with Crippen molar-refractivity contribution < 1.29 is 19.4 Å². The van der Waals surface area contributed by atoms with Gasteiger partial charge < -0.3 is 20.3 Å². The molecule has 3 N–H and O–H groups in total. The molecule has 2 aromatic heterocycles. The Labute approximate surface area is 323 Å². The molecule has 0 spiro atoms. The largest absolute Gasteiger partial charge is 0.481 e.